The largest absolute Gasteiger partial charge is 0.492 e. The minimum absolute atomic E-state index is 0.0615. The normalized spacial score (nSPS) is 18.7. The van der Waals surface area contributed by atoms with Crippen LogP contribution in [0.15, 0.2) is 12.1 Å². The van der Waals surface area contributed by atoms with Crippen molar-refractivity contribution < 1.29 is 14.3 Å². The second kappa shape index (κ2) is 11.3. The molecule has 1 saturated carbocycles. The van der Waals surface area contributed by atoms with Crippen molar-refractivity contribution in [3.8, 4) is 23.6 Å². The fourth-order valence-corrected chi connectivity index (χ4v) is 3.89. The minimum Gasteiger partial charge on any atom is -0.492 e. The first kappa shape index (κ1) is 21.8. The molecule has 0 amide bonds. The van der Waals surface area contributed by atoms with Gasteiger partial charge in [-0.25, -0.2) is 0 Å². The number of carbonyl (C=O) groups excluding carboxylic acids is 1. The number of nitriles is 2. The van der Waals surface area contributed by atoms with Crippen LogP contribution in [0.4, 0.5) is 0 Å². The molecule has 150 valence electrons. The summed E-state index contributed by atoms with van der Waals surface area (Å²) in [5, 5.41) is 18.8. The second-order valence-corrected chi connectivity index (χ2v) is 7.46. The molecule has 0 unspecified atom stereocenters. The quantitative estimate of drug-likeness (QED) is 0.319. The molecule has 0 bridgehead atoms. The van der Waals surface area contributed by atoms with Crippen molar-refractivity contribution in [2.75, 3.05) is 6.61 Å². The summed E-state index contributed by atoms with van der Waals surface area (Å²) in [6.07, 6.45) is 10.2. The molecule has 0 atom stereocenters. The molecule has 0 spiro atoms. The highest BCUT2D eigenvalue weighted by Crippen LogP contribution is 2.34. The summed E-state index contributed by atoms with van der Waals surface area (Å²) in [6, 6.07) is 7.10. The minimum atomic E-state index is -0.297. The number of carbonyl (C=O) groups is 1. The van der Waals surface area contributed by atoms with Gasteiger partial charge in [-0.15, -0.1) is 0 Å². The molecule has 2 rings (SSSR count). The number of unbranched alkanes of at least 4 members (excludes halogenated alkanes) is 3. The van der Waals surface area contributed by atoms with Crippen LogP contribution in [0, 0.1) is 34.5 Å². The molecule has 0 heterocycles. The summed E-state index contributed by atoms with van der Waals surface area (Å²) >= 11 is 0. The van der Waals surface area contributed by atoms with Crippen molar-refractivity contribution in [3.63, 3.8) is 0 Å². The van der Waals surface area contributed by atoms with Gasteiger partial charge in [-0.3, -0.25) is 4.79 Å². The second-order valence-electron chi connectivity index (χ2n) is 7.46. The number of hydrogen-bond donors (Lipinski definition) is 0. The third kappa shape index (κ3) is 5.73. The molecule has 1 aromatic carbocycles. The molecule has 0 aromatic heterocycles. The lowest BCUT2D eigenvalue weighted by Crippen LogP contribution is -2.26. The van der Waals surface area contributed by atoms with E-state index in [1.165, 1.54) is 32.1 Å². The number of ether oxygens (including phenoxy) is 2. The third-order valence-corrected chi connectivity index (χ3v) is 5.51. The lowest BCUT2D eigenvalue weighted by molar-refractivity contribution is -0.140. The van der Waals surface area contributed by atoms with Gasteiger partial charge in [0.2, 0.25) is 0 Å². The number of rotatable bonds is 9. The SMILES string of the molecule is CCCCCCC1CCC(C(=O)Oc2ccc(OCC)c(C#N)c2C#N)CC1. The van der Waals surface area contributed by atoms with Crippen LogP contribution in [0.25, 0.3) is 0 Å². The molecular formula is C23H30N2O3. The van der Waals surface area contributed by atoms with E-state index in [1.807, 2.05) is 12.1 Å². The monoisotopic (exact) mass is 382 g/mol. The van der Waals surface area contributed by atoms with Crippen LogP contribution in [0.2, 0.25) is 0 Å². The van der Waals surface area contributed by atoms with Gasteiger partial charge in [0.25, 0.3) is 0 Å². The van der Waals surface area contributed by atoms with Gasteiger partial charge in [0.1, 0.15) is 34.8 Å². The Hall–Kier alpha value is -2.53. The molecule has 1 fully saturated rings. The highest BCUT2D eigenvalue weighted by Gasteiger charge is 2.28. The van der Waals surface area contributed by atoms with E-state index in [9.17, 15) is 15.3 Å². The van der Waals surface area contributed by atoms with Crippen LogP contribution in [0.3, 0.4) is 0 Å². The molecule has 5 heteroatoms. The Bertz CT molecular complexity index is 737. The summed E-state index contributed by atoms with van der Waals surface area (Å²) in [5.41, 5.74) is 0.178. The number of hydrogen-bond acceptors (Lipinski definition) is 5. The van der Waals surface area contributed by atoms with E-state index in [0.717, 1.165) is 25.7 Å². The highest BCUT2D eigenvalue weighted by molar-refractivity contribution is 5.77. The standard InChI is InChI=1S/C23H30N2O3/c1-3-5-6-7-8-17-9-11-18(12-10-17)23(26)28-22-14-13-21(27-4-2)19(15-24)20(22)16-25/h13-14,17-18H,3-12H2,1-2H3. The smallest absolute Gasteiger partial charge is 0.314 e. The Kier molecular flexibility index (Phi) is 8.82. The van der Waals surface area contributed by atoms with Gasteiger partial charge in [0, 0.05) is 0 Å². The van der Waals surface area contributed by atoms with Crippen molar-refractivity contribution in [1.29, 1.82) is 10.5 Å². The maximum absolute atomic E-state index is 12.6. The van der Waals surface area contributed by atoms with Crippen molar-refractivity contribution in [3.05, 3.63) is 23.3 Å². The molecule has 0 aliphatic heterocycles. The zero-order chi connectivity index (χ0) is 20.4. The zero-order valence-corrected chi connectivity index (χ0v) is 17.0. The van der Waals surface area contributed by atoms with Gasteiger partial charge < -0.3 is 9.47 Å². The molecule has 1 aromatic rings. The molecular weight excluding hydrogens is 352 g/mol. The molecule has 5 nitrogen and oxygen atoms in total. The Labute approximate surface area is 168 Å². The first-order chi connectivity index (χ1) is 13.6. The van der Waals surface area contributed by atoms with E-state index >= 15 is 0 Å². The average molecular weight is 383 g/mol. The van der Waals surface area contributed by atoms with Gasteiger partial charge in [0.05, 0.1) is 12.5 Å². The van der Waals surface area contributed by atoms with Crippen molar-refractivity contribution in [2.45, 2.75) is 71.6 Å². The number of benzene rings is 1. The predicted octanol–water partition coefficient (Wildman–Crippen LogP) is 5.51. The number of nitrogens with zero attached hydrogens (tertiary/aromatic N) is 2. The Morgan fingerprint density at radius 1 is 1.00 bits per heavy atom. The summed E-state index contributed by atoms with van der Waals surface area (Å²) in [5.74, 6) is 0.773. The molecule has 0 saturated heterocycles. The van der Waals surface area contributed by atoms with Crippen LogP contribution in [-0.4, -0.2) is 12.6 Å². The first-order valence-corrected chi connectivity index (χ1v) is 10.5. The topological polar surface area (TPSA) is 83.1 Å². The fraction of sp³-hybridized carbons (Fsp3) is 0.609. The van der Waals surface area contributed by atoms with E-state index < -0.39 is 0 Å². The summed E-state index contributed by atoms with van der Waals surface area (Å²) in [6.45, 7) is 4.42. The molecule has 1 aliphatic carbocycles. The molecule has 0 N–H and O–H groups in total. The van der Waals surface area contributed by atoms with Crippen LogP contribution >= 0.6 is 0 Å². The van der Waals surface area contributed by atoms with Gasteiger partial charge >= 0.3 is 5.97 Å². The maximum atomic E-state index is 12.6. The number of esters is 1. The lowest BCUT2D eigenvalue weighted by Gasteiger charge is -2.27. The van der Waals surface area contributed by atoms with Crippen LogP contribution in [0.1, 0.15) is 82.8 Å². The van der Waals surface area contributed by atoms with Crippen molar-refractivity contribution in [2.24, 2.45) is 11.8 Å². The highest BCUT2D eigenvalue weighted by atomic mass is 16.5. The average Bonchev–Trinajstić information content (AvgIpc) is 2.72. The predicted molar refractivity (Wildman–Crippen MR) is 107 cm³/mol. The van der Waals surface area contributed by atoms with E-state index in [4.69, 9.17) is 9.47 Å². The lowest BCUT2D eigenvalue weighted by atomic mass is 9.80. The summed E-state index contributed by atoms with van der Waals surface area (Å²) in [4.78, 5) is 12.6. The van der Waals surface area contributed by atoms with Crippen LogP contribution in [0.5, 0.6) is 11.5 Å². The zero-order valence-electron chi connectivity index (χ0n) is 17.0. The third-order valence-electron chi connectivity index (χ3n) is 5.51. The van der Waals surface area contributed by atoms with E-state index in [2.05, 4.69) is 6.92 Å². The fourth-order valence-electron chi connectivity index (χ4n) is 3.89. The summed E-state index contributed by atoms with van der Waals surface area (Å²) in [7, 11) is 0. The Morgan fingerprint density at radius 2 is 1.64 bits per heavy atom. The molecule has 0 radical (unpaired) electrons. The summed E-state index contributed by atoms with van der Waals surface area (Å²) < 4.78 is 10.9. The van der Waals surface area contributed by atoms with E-state index in [-0.39, 0.29) is 28.8 Å². The van der Waals surface area contributed by atoms with Gasteiger partial charge in [-0.2, -0.15) is 10.5 Å². The Morgan fingerprint density at radius 3 is 2.25 bits per heavy atom. The maximum Gasteiger partial charge on any atom is 0.314 e. The van der Waals surface area contributed by atoms with Crippen molar-refractivity contribution in [1.82, 2.24) is 0 Å². The van der Waals surface area contributed by atoms with Crippen molar-refractivity contribution >= 4 is 5.97 Å². The van der Waals surface area contributed by atoms with Gasteiger partial charge in [0.15, 0.2) is 0 Å². The van der Waals surface area contributed by atoms with Gasteiger partial charge in [-0.1, -0.05) is 39.0 Å². The van der Waals surface area contributed by atoms with Crippen LogP contribution < -0.4 is 9.47 Å². The molecule has 28 heavy (non-hydrogen) atoms. The molecule has 1 aliphatic rings. The van der Waals surface area contributed by atoms with Gasteiger partial charge in [-0.05, 0) is 50.7 Å². The van der Waals surface area contributed by atoms with E-state index in [1.54, 1.807) is 19.1 Å². The first-order valence-electron chi connectivity index (χ1n) is 10.5. The Balaban J connectivity index is 1.95. The van der Waals surface area contributed by atoms with Crippen LogP contribution in [-0.2, 0) is 4.79 Å². The van der Waals surface area contributed by atoms with E-state index in [0.29, 0.717) is 18.3 Å².